The molecule has 10 rings (SSSR count). The van der Waals surface area contributed by atoms with Crippen molar-refractivity contribution >= 4 is 113 Å². The molecule has 1 aliphatic rings. The summed E-state index contributed by atoms with van der Waals surface area (Å²) in [6, 6.07) is 64.8. The average molecular weight is 1400 g/mol. The second kappa shape index (κ2) is 37.1. The number of halogens is 4. The molecule has 0 bridgehead atoms. The fraction of sp³-hybridized carbons (Fsp3) is 0.190. The molecule has 16 heteroatoms. The second-order valence-corrected chi connectivity index (χ2v) is 25.3. The molecule has 1 saturated heterocycles. The van der Waals surface area contributed by atoms with Crippen molar-refractivity contribution in [3.63, 3.8) is 0 Å². The summed E-state index contributed by atoms with van der Waals surface area (Å²) in [7, 11) is -0.310. The molecule has 2 atom stereocenters. The average Bonchev–Trinajstić information content (AvgIpc) is 1.70. The summed E-state index contributed by atoms with van der Waals surface area (Å²) >= 11 is 21.5. The van der Waals surface area contributed by atoms with E-state index in [9.17, 15) is 24.3 Å². The van der Waals surface area contributed by atoms with E-state index in [1.165, 1.54) is 55.6 Å². The van der Waals surface area contributed by atoms with Crippen LogP contribution in [0.2, 0.25) is 15.1 Å². The third kappa shape index (κ3) is 22.4. The molecule has 1 aliphatic heterocycles. The molecule has 0 saturated carbocycles. The Bertz CT molecular complexity index is 4110. The lowest BCUT2D eigenvalue weighted by Gasteiger charge is -2.32. The van der Waals surface area contributed by atoms with E-state index in [4.69, 9.17) is 65.2 Å². The number of rotatable bonds is 18. The summed E-state index contributed by atoms with van der Waals surface area (Å²) < 4.78 is 12.8. The van der Waals surface area contributed by atoms with Gasteiger partial charge in [0.25, 0.3) is 0 Å². The highest BCUT2D eigenvalue weighted by Crippen LogP contribution is 2.38. The Morgan fingerprint density at radius 2 is 0.884 bits per heavy atom. The molecule has 0 unspecified atom stereocenters. The molecule has 9 aromatic rings. The van der Waals surface area contributed by atoms with E-state index in [0.717, 1.165) is 44.9 Å². The van der Waals surface area contributed by atoms with Crippen molar-refractivity contribution in [2.24, 2.45) is 11.7 Å². The number of carbonyl (C=O) groups excluding carboxylic acids is 2. The summed E-state index contributed by atoms with van der Waals surface area (Å²) in [5.74, 6) is -0.890. The number of hydrogen-bond acceptors (Lipinski definition) is 9. The predicted molar refractivity (Wildman–Crippen MR) is 395 cm³/mol. The molecule has 6 N–H and O–H groups in total. The van der Waals surface area contributed by atoms with Crippen molar-refractivity contribution in [1.82, 2.24) is 0 Å². The van der Waals surface area contributed by atoms with Crippen LogP contribution in [0.1, 0.15) is 105 Å². The molecule has 95 heavy (non-hydrogen) atoms. The Hall–Kier alpha value is -8.31. The summed E-state index contributed by atoms with van der Waals surface area (Å²) in [5.41, 5.74) is 22.5. The normalized spacial score (nSPS) is 13.4. The number of carboxylic acid groups (broad SMARTS) is 2. The zero-order valence-electron chi connectivity index (χ0n) is 54.1. The minimum Gasteiger partial charge on any atom is -0.481 e. The lowest BCUT2D eigenvalue weighted by atomic mass is 9.87. The van der Waals surface area contributed by atoms with Gasteiger partial charge in [0, 0.05) is 25.6 Å². The highest BCUT2D eigenvalue weighted by molar-refractivity contribution is 9.10. The standard InChI is InChI=1S/C26H25ClO3.C22H17ClO.C21H25BO2.C7H4BrClO.C3H7NO3/c1-18-20(8-5-9-24(18)21-6-3-2-4-7-21)13-14-22-16-19(11-15-25(22)27)10-12-23(17-28)26(29)30;1-16-18(8-5-9-21(16)19-6-3-2-4-7-19)11-12-20-14-17(15-24)10-13-22(20)23;1-16-17(12-9-13-19(16)18-10-7-6-8-11-18)14-15-22-23-20(2,3)21(4,5)24-22;8-6-3-5(4-10)1-2-7(6)9;4-2(1-5)3(6)7/h2-9,11,13-16,23,28H,10,12,17H2,1H3,(H,29,30);2-15H,1H3;6-15H,1-5H3;1-4H;2,5H,1,4H2,(H,6,7)/b14-13+;12-11+;15-14+;;/t23-;;;;2-/m1...1/s1. The maximum Gasteiger partial charge on any atom is 0.487 e. The van der Waals surface area contributed by atoms with Gasteiger partial charge in [-0.2, -0.15) is 0 Å². The van der Waals surface area contributed by atoms with Crippen LogP contribution >= 0.6 is 50.7 Å². The van der Waals surface area contributed by atoms with Gasteiger partial charge in [0.05, 0.1) is 35.4 Å². The molecule has 0 radical (unpaired) electrons. The molecular weight excluding hydrogens is 1320 g/mol. The Morgan fingerprint density at radius 3 is 1.26 bits per heavy atom. The number of nitrogens with two attached hydrogens (primary N) is 1. The largest absolute Gasteiger partial charge is 0.487 e. The van der Waals surface area contributed by atoms with Crippen molar-refractivity contribution in [1.29, 1.82) is 0 Å². The van der Waals surface area contributed by atoms with Gasteiger partial charge in [-0.05, 0) is 191 Å². The molecule has 11 nitrogen and oxygen atoms in total. The van der Waals surface area contributed by atoms with Crippen molar-refractivity contribution in [3.8, 4) is 33.4 Å². The number of benzene rings is 9. The van der Waals surface area contributed by atoms with E-state index in [-0.39, 0.29) is 24.9 Å². The summed E-state index contributed by atoms with van der Waals surface area (Å²) in [6.07, 6.45) is 12.7. The van der Waals surface area contributed by atoms with Gasteiger partial charge in [-0.1, -0.05) is 241 Å². The predicted octanol–water partition coefficient (Wildman–Crippen LogP) is 19.0. The second-order valence-electron chi connectivity index (χ2n) is 23.2. The summed E-state index contributed by atoms with van der Waals surface area (Å²) in [4.78, 5) is 41.9. The first kappa shape index (κ1) is 75.7. The maximum atomic E-state index is 11.1. The zero-order chi connectivity index (χ0) is 69.2. The van der Waals surface area contributed by atoms with Crippen LogP contribution in [-0.2, 0) is 25.3 Å². The number of aliphatic hydroxyl groups is 2. The minimum atomic E-state index is -1.18. The smallest absolute Gasteiger partial charge is 0.481 e. The van der Waals surface area contributed by atoms with Gasteiger partial charge in [0.15, 0.2) is 0 Å². The number of aldehydes is 2. The van der Waals surface area contributed by atoms with Crippen molar-refractivity contribution in [3.05, 3.63) is 287 Å². The van der Waals surface area contributed by atoms with Crippen LogP contribution < -0.4 is 5.73 Å². The molecule has 1 fully saturated rings. The van der Waals surface area contributed by atoms with Gasteiger partial charge in [-0.15, -0.1) is 0 Å². The summed E-state index contributed by atoms with van der Waals surface area (Å²) in [6.45, 7) is 13.8. The maximum absolute atomic E-state index is 11.1. The van der Waals surface area contributed by atoms with E-state index in [2.05, 4.69) is 174 Å². The first-order valence-corrected chi connectivity index (χ1v) is 32.5. The van der Waals surface area contributed by atoms with Crippen molar-refractivity contribution < 1.29 is 48.9 Å². The quantitative estimate of drug-likeness (QED) is 0.0312. The number of carbonyl (C=O) groups is 4. The third-order valence-corrected chi connectivity index (χ3v) is 18.0. The van der Waals surface area contributed by atoms with Gasteiger partial charge < -0.3 is 35.5 Å². The lowest BCUT2D eigenvalue weighted by Crippen LogP contribution is -2.41. The fourth-order valence-corrected chi connectivity index (χ4v) is 10.6. The fourth-order valence-electron chi connectivity index (χ4n) is 9.74. The number of hydrogen-bond donors (Lipinski definition) is 5. The van der Waals surface area contributed by atoms with E-state index in [1.807, 2.05) is 90.9 Å². The SMILES string of the molecule is Cc1c(/C=C/B2OC(C)(C)C(C)(C)O2)cccc1-c1ccccc1.Cc1c(/C=C/c2cc(C=O)ccc2Cl)cccc1-c1ccccc1.Cc1c(/C=C/c2cc(CC[C@H](CO)C(=O)O)ccc2Cl)cccc1-c1ccccc1.N[C@H](CO)C(=O)O.O=Cc1ccc(Cl)c(Br)c1. The highest BCUT2D eigenvalue weighted by Gasteiger charge is 2.50. The molecule has 0 aliphatic carbocycles. The van der Waals surface area contributed by atoms with Gasteiger partial charge in [-0.3, -0.25) is 19.2 Å². The Kier molecular flexibility index (Phi) is 29.6. The number of aliphatic hydroxyl groups excluding tert-OH is 2. The van der Waals surface area contributed by atoms with Crippen LogP contribution in [0.5, 0.6) is 0 Å². The monoisotopic (exact) mass is 1400 g/mol. The van der Waals surface area contributed by atoms with E-state index >= 15 is 0 Å². The number of aliphatic carboxylic acids is 2. The first-order valence-electron chi connectivity index (χ1n) is 30.6. The van der Waals surface area contributed by atoms with Crippen LogP contribution in [0.4, 0.5) is 0 Å². The Morgan fingerprint density at radius 1 is 0.495 bits per heavy atom. The number of carboxylic acids is 2. The van der Waals surface area contributed by atoms with Gasteiger partial charge in [-0.25, -0.2) is 0 Å². The van der Waals surface area contributed by atoms with Crippen LogP contribution in [0, 0.1) is 26.7 Å². The number of aryl methyl sites for hydroxylation is 1. The molecular formula is C79H78BBrCl3NO10. The van der Waals surface area contributed by atoms with Crippen molar-refractivity contribution in [2.75, 3.05) is 13.2 Å². The first-order chi connectivity index (χ1) is 45.4. The van der Waals surface area contributed by atoms with E-state index < -0.39 is 30.5 Å². The Balaban J connectivity index is 0.000000202. The van der Waals surface area contributed by atoms with Gasteiger partial charge in [0.1, 0.15) is 18.6 Å². The van der Waals surface area contributed by atoms with E-state index in [0.29, 0.717) is 39.0 Å². The third-order valence-electron chi connectivity index (χ3n) is 16.1. The van der Waals surface area contributed by atoms with Crippen molar-refractivity contribution in [2.45, 2.75) is 78.6 Å². The van der Waals surface area contributed by atoms with Crippen LogP contribution in [0.15, 0.2) is 211 Å². The zero-order valence-corrected chi connectivity index (χ0v) is 57.9. The van der Waals surface area contributed by atoms with Crippen LogP contribution in [0.3, 0.4) is 0 Å². The van der Waals surface area contributed by atoms with Gasteiger partial charge in [0.2, 0.25) is 0 Å². The van der Waals surface area contributed by atoms with Crippen LogP contribution in [-0.4, -0.2) is 82.5 Å². The Labute approximate surface area is 581 Å². The molecule has 0 spiro atoms. The molecule has 1 heterocycles. The molecule has 0 aromatic heterocycles. The van der Waals surface area contributed by atoms with Crippen LogP contribution in [0.25, 0.3) is 63.8 Å². The molecule has 490 valence electrons. The summed E-state index contributed by atoms with van der Waals surface area (Å²) in [5, 5.41) is 36.1. The minimum absolute atomic E-state index is 0.303. The highest BCUT2D eigenvalue weighted by atomic mass is 79.9. The molecule has 0 amide bonds. The van der Waals surface area contributed by atoms with Gasteiger partial charge >= 0.3 is 19.1 Å². The van der Waals surface area contributed by atoms with E-state index in [1.54, 1.807) is 36.4 Å². The lowest BCUT2D eigenvalue weighted by molar-refractivity contribution is -0.143. The molecule has 9 aromatic carbocycles. The topological polar surface area (TPSA) is 194 Å².